The molecule has 0 amide bonds. The van der Waals surface area contributed by atoms with Gasteiger partial charge in [0, 0.05) is 15.3 Å². The number of hydrogen-bond acceptors (Lipinski definition) is 0. The second kappa shape index (κ2) is 7.55. The van der Waals surface area contributed by atoms with Crippen LogP contribution in [0.15, 0.2) is 66.7 Å². The summed E-state index contributed by atoms with van der Waals surface area (Å²) in [6.07, 6.45) is 2.42. The fourth-order valence-electron chi connectivity index (χ4n) is 6.14. The molecule has 0 aromatic heterocycles. The predicted molar refractivity (Wildman–Crippen MR) is 129 cm³/mol. The van der Waals surface area contributed by atoms with Gasteiger partial charge in [-0.05, 0) is 57.1 Å². The summed E-state index contributed by atoms with van der Waals surface area (Å²) < 4.78 is 0. The van der Waals surface area contributed by atoms with Gasteiger partial charge >= 0.3 is 0 Å². The molecule has 0 N–H and O–H groups in total. The lowest BCUT2D eigenvalue weighted by Gasteiger charge is -2.58. The van der Waals surface area contributed by atoms with Crippen molar-refractivity contribution in [3.63, 3.8) is 0 Å². The average Bonchev–Trinajstić information content (AvgIpc) is 2.65. The van der Waals surface area contributed by atoms with Crippen LogP contribution in [0.4, 0.5) is 0 Å². The van der Waals surface area contributed by atoms with Gasteiger partial charge in [-0.15, -0.1) is 0 Å². The molecule has 2 atom stereocenters. The lowest BCUT2D eigenvalue weighted by molar-refractivity contribution is 0.0475. The molecule has 0 nitrogen and oxygen atoms in total. The number of benzene rings is 3. The Labute approximate surface area is 180 Å². The van der Waals surface area contributed by atoms with Gasteiger partial charge in [-0.25, -0.2) is 0 Å². The molecule has 0 bridgehead atoms. The number of aryl methyl sites for hydroxylation is 1. The molecule has 3 aromatic rings. The quantitative estimate of drug-likeness (QED) is 0.358. The second-order valence-corrected chi connectivity index (χ2v) is 10.7. The van der Waals surface area contributed by atoms with E-state index < -0.39 is 0 Å². The van der Waals surface area contributed by atoms with Crippen LogP contribution < -0.4 is 0 Å². The zero-order chi connectivity index (χ0) is 20.2. The monoisotopic (exact) mass is 401 g/mol. The number of fused-ring (bicyclic) bond motifs is 2. The molecule has 2 unspecified atom stereocenters. The third-order valence-electron chi connectivity index (χ3n) is 7.11. The molecule has 1 aliphatic rings. The topological polar surface area (TPSA) is 0 Å². The first-order chi connectivity index (χ1) is 13.2. The Morgan fingerprint density at radius 1 is 0.724 bits per heavy atom. The van der Waals surface area contributed by atoms with E-state index in [1.54, 1.807) is 5.56 Å². The summed E-state index contributed by atoms with van der Waals surface area (Å²) in [5.74, 6) is 0.570. The van der Waals surface area contributed by atoms with E-state index in [2.05, 4.69) is 108 Å². The molecule has 1 aliphatic carbocycles. The maximum Gasteiger partial charge on any atom is 0.0293 e. The summed E-state index contributed by atoms with van der Waals surface area (Å²) in [6.45, 7) is 14.7. The first-order valence-corrected chi connectivity index (χ1v) is 10.7. The van der Waals surface area contributed by atoms with Crippen molar-refractivity contribution in [3.8, 4) is 0 Å². The summed E-state index contributed by atoms with van der Waals surface area (Å²) in [4.78, 5) is 0. The number of rotatable bonds is 1. The standard InChI is InChI=1S/C28H34.P/c1-26(2,3)25-19-18-21-13-8-10-16-23(21)28(25,27(4,5)6)24-17-11-14-20-12-7-9-15-22(20)24;/h7-17,25H,18-19H2,1-6H3;. The number of hydrogen-bond donors (Lipinski definition) is 0. The first-order valence-electron chi connectivity index (χ1n) is 10.7. The highest BCUT2D eigenvalue weighted by atomic mass is 31.0. The second-order valence-electron chi connectivity index (χ2n) is 10.7. The summed E-state index contributed by atoms with van der Waals surface area (Å²) in [7, 11) is 0. The first kappa shape index (κ1) is 22.0. The Balaban J connectivity index is 0.00000240. The van der Waals surface area contributed by atoms with Gasteiger partial charge in [-0.1, -0.05) is 108 Å². The Morgan fingerprint density at radius 3 is 2.00 bits per heavy atom. The summed E-state index contributed by atoms with van der Waals surface area (Å²) >= 11 is 0. The minimum Gasteiger partial charge on any atom is -0.0620 e. The van der Waals surface area contributed by atoms with E-state index in [1.807, 2.05) is 0 Å². The minimum absolute atomic E-state index is 0. The van der Waals surface area contributed by atoms with Gasteiger partial charge < -0.3 is 0 Å². The SMILES string of the molecule is CC(C)(C)C1CCc2ccccc2C1(c1cccc2ccccc12)C(C)(C)C.[P]. The molecule has 0 saturated heterocycles. The maximum absolute atomic E-state index is 2.45. The van der Waals surface area contributed by atoms with Gasteiger partial charge in [-0.2, -0.15) is 0 Å². The Morgan fingerprint density at radius 2 is 1.31 bits per heavy atom. The normalized spacial score (nSPS) is 22.1. The molecule has 0 saturated carbocycles. The van der Waals surface area contributed by atoms with Gasteiger partial charge in [0.1, 0.15) is 0 Å². The van der Waals surface area contributed by atoms with Gasteiger partial charge in [0.25, 0.3) is 0 Å². The highest BCUT2D eigenvalue weighted by molar-refractivity contribution is 6.92. The van der Waals surface area contributed by atoms with E-state index in [1.165, 1.54) is 34.7 Å². The fraction of sp³-hybridized carbons (Fsp3) is 0.429. The largest absolute Gasteiger partial charge is 0.0620 e. The van der Waals surface area contributed by atoms with Crippen LogP contribution in [0.25, 0.3) is 10.8 Å². The third kappa shape index (κ3) is 3.34. The maximum atomic E-state index is 2.45. The van der Waals surface area contributed by atoms with Crippen molar-refractivity contribution in [1.82, 2.24) is 0 Å². The van der Waals surface area contributed by atoms with E-state index in [-0.39, 0.29) is 26.1 Å². The van der Waals surface area contributed by atoms with Crippen LogP contribution in [0.1, 0.15) is 64.7 Å². The average molecular weight is 402 g/mol. The van der Waals surface area contributed by atoms with E-state index in [0.717, 1.165) is 0 Å². The predicted octanol–water partition coefficient (Wildman–Crippen LogP) is 8.64. The van der Waals surface area contributed by atoms with Crippen molar-refractivity contribution in [2.45, 2.75) is 59.8 Å². The molecule has 4 rings (SSSR count). The molecule has 151 valence electrons. The van der Waals surface area contributed by atoms with Crippen LogP contribution in [0.5, 0.6) is 0 Å². The smallest absolute Gasteiger partial charge is 0.0293 e. The van der Waals surface area contributed by atoms with Gasteiger partial charge in [0.15, 0.2) is 0 Å². The summed E-state index contributed by atoms with van der Waals surface area (Å²) in [5.41, 5.74) is 4.87. The van der Waals surface area contributed by atoms with Crippen molar-refractivity contribution in [2.75, 3.05) is 0 Å². The van der Waals surface area contributed by atoms with Crippen molar-refractivity contribution >= 4 is 20.7 Å². The lowest BCUT2D eigenvalue weighted by Crippen LogP contribution is -2.54. The van der Waals surface area contributed by atoms with Crippen LogP contribution in [0.3, 0.4) is 0 Å². The van der Waals surface area contributed by atoms with Gasteiger partial charge in [0.2, 0.25) is 0 Å². The molecular formula is C28H34P. The van der Waals surface area contributed by atoms with Gasteiger partial charge in [0.05, 0.1) is 0 Å². The van der Waals surface area contributed by atoms with Crippen LogP contribution in [0.2, 0.25) is 0 Å². The van der Waals surface area contributed by atoms with E-state index in [4.69, 9.17) is 0 Å². The molecular weight excluding hydrogens is 367 g/mol. The zero-order valence-electron chi connectivity index (χ0n) is 18.8. The Hall–Kier alpha value is -1.65. The summed E-state index contributed by atoms with van der Waals surface area (Å²) in [6, 6.07) is 25.1. The molecule has 0 spiro atoms. The van der Waals surface area contributed by atoms with Crippen molar-refractivity contribution in [1.29, 1.82) is 0 Å². The molecule has 1 heteroatoms. The van der Waals surface area contributed by atoms with Crippen molar-refractivity contribution in [3.05, 3.63) is 83.4 Å². The van der Waals surface area contributed by atoms with Crippen LogP contribution in [0, 0.1) is 16.7 Å². The van der Waals surface area contributed by atoms with Crippen molar-refractivity contribution in [2.24, 2.45) is 16.7 Å². The Kier molecular flexibility index (Phi) is 5.74. The molecule has 0 aliphatic heterocycles. The van der Waals surface area contributed by atoms with Crippen LogP contribution >= 0.6 is 9.90 Å². The van der Waals surface area contributed by atoms with Crippen molar-refractivity contribution < 1.29 is 0 Å². The highest BCUT2D eigenvalue weighted by Gasteiger charge is 2.56. The van der Waals surface area contributed by atoms with E-state index >= 15 is 0 Å². The van der Waals surface area contributed by atoms with Gasteiger partial charge in [-0.3, -0.25) is 0 Å². The van der Waals surface area contributed by atoms with Crippen LogP contribution in [-0.2, 0) is 11.8 Å². The van der Waals surface area contributed by atoms with E-state index in [0.29, 0.717) is 5.92 Å². The molecule has 29 heavy (non-hydrogen) atoms. The minimum atomic E-state index is -0.0268. The third-order valence-corrected chi connectivity index (χ3v) is 7.11. The van der Waals surface area contributed by atoms with E-state index in [9.17, 15) is 0 Å². The highest BCUT2D eigenvalue weighted by Crippen LogP contribution is 2.61. The zero-order valence-corrected chi connectivity index (χ0v) is 19.7. The summed E-state index contributed by atoms with van der Waals surface area (Å²) in [5, 5.41) is 2.75. The lowest BCUT2D eigenvalue weighted by atomic mass is 9.45. The molecule has 3 radical (unpaired) electrons. The fourth-order valence-corrected chi connectivity index (χ4v) is 6.14. The molecule has 0 heterocycles. The molecule has 0 fully saturated rings. The molecule has 3 aromatic carbocycles. The Bertz CT molecular complexity index is 997. The van der Waals surface area contributed by atoms with Crippen LogP contribution in [-0.4, -0.2) is 0 Å².